The Morgan fingerprint density at radius 1 is 1.28 bits per heavy atom. The van der Waals surface area contributed by atoms with Crippen molar-refractivity contribution in [1.82, 2.24) is 10.2 Å². The molecule has 18 heavy (non-hydrogen) atoms. The molecule has 1 N–H and O–H groups in total. The normalized spacial score (nSPS) is 20.1. The average molecular weight is 408 g/mol. The van der Waals surface area contributed by atoms with Crippen LogP contribution in [0.2, 0.25) is 0 Å². The second kappa shape index (κ2) is 5.78. The van der Waals surface area contributed by atoms with Crippen LogP contribution in [0.5, 0.6) is 0 Å². The number of nitrogens with zero attached hydrogens (tertiary/aromatic N) is 1. The van der Waals surface area contributed by atoms with E-state index < -0.39 is 12.2 Å². The van der Waals surface area contributed by atoms with E-state index >= 15 is 0 Å². The lowest BCUT2D eigenvalue weighted by atomic mass is 10.1. The van der Waals surface area contributed by atoms with E-state index in [2.05, 4.69) is 37.2 Å². The number of hydrogen-bond donors (Lipinski definition) is 1. The number of thiophene rings is 1. The molecule has 1 aromatic rings. The molecular weight excluding hydrogens is 397 g/mol. The van der Waals surface area contributed by atoms with Gasteiger partial charge in [-0.05, 0) is 37.9 Å². The van der Waals surface area contributed by atoms with Crippen molar-refractivity contribution in [3.8, 4) is 0 Å². The molecule has 0 radical (unpaired) electrons. The summed E-state index contributed by atoms with van der Waals surface area (Å²) in [6, 6.07) is 0.0433. The summed E-state index contributed by atoms with van der Waals surface area (Å²) in [6.07, 6.45) is -4.25. The highest BCUT2D eigenvalue weighted by Crippen LogP contribution is 2.44. The summed E-state index contributed by atoms with van der Waals surface area (Å²) in [5.41, 5.74) is 0. The predicted octanol–water partition coefficient (Wildman–Crippen LogP) is 3.78. The van der Waals surface area contributed by atoms with Crippen LogP contribution < -0.4 is 5.32 Å². The molecule has 8 heteroatoms. The van der Waals surface area contributed by atoms with Gasteiger partial charge in [-0.2, -0.15) is 13.2 Å². The summed E-state index contributed by atoms with van der Waals surface area (Å²) in [5.74, 6) is 0. The monoisotopic (exact) mass is 406 g/mol. The van der Waals surface area contributed by atoms with Crippen LogP contribution in [0.3, 0.4) is 0 Å². The lowest BCUT2D eigenvalue weighted by Crippen LogP contribution is -2.48. The first-order valence-corrected chi connectivity index (χ1v) is 7.76. The van der Waals surface area contributed by atoms with E-state index in [9.17, 15) is 13.2 Å². The number of halogens is 5. The van der Waals surface area contributed by atoms with Crippen LogP contribution in [0.4, 0.5) is 13.2 Å². The van der Waals surface area contributed by atoms with E-state index in [1.165, 1.54) is 4.90 Å². The van der Waals surface area contributed by atoms with Crippen LogP contribution in [0.1, 0.15) is 10.9 Å². The van der Waals surface area contributed by atoms with Crippen LogP contribution in [0.25, 0.3) is 0 Å². The van der Waals surface area contributed by atoms with Gasteiger partial charge in [-0.1, -0.05) is 0 Å². The van der Waals surface area contributed by atoms with E-state index in [-0.39, 0.29) is 0 Å². The molecule has 0 spiro atoms. The average Bonchev–Trinajstić information content (AvgIpc) is 2.58. The van der Waals surface area contributed by atoms with Gasteiger partial charge in [0.15, 0.2) is 0 Å². The topological polar surface area (TPSA) is 15.3 Å². The van der Waals surface area contributed by atoms with Crippen molar-refractivity contribution in [2.75, 3.05) is 26.2 Å². The third-order valence-electron chi connectivity index (χ3n) is 2.76. The van der Waals surface area contributed by atoms with Gasteiger partial charge in [0.1, 0.15) is 6.04 Å². The van der Waals surface area contributed by atoms with Crippen molar-refractivity contribution in [3.05, 3.63) is 19.2 Å². The molecule has 2 rings (SSSR count). The van der Waals surface area contributed by atoms with Crippen LogP contribution >= 0.6 is 43.2 Å². The lowest BCUT2D eigenvalue weighted by molar-refractivity contribution is -0.186. The molecule has 102 valence electrons. The minimum Gasteiger partial charge on any atom is -0.314 e. The van der Waals surface area contributed by atoms with Gasteiger partial charge in [-0.3, -0.25) is 4.90 Å². The van der Waals surface area contributed by atoms with E-state index in [0.29, 0.717) is 39.3 Å². The Morgan fingerprint density at radius 2 is 1.89 bits per heavy atom. The summed E-state index contributed by atoms with van der Waals surface area (Å²) in [5, 5.41) is 3.06. The Labute approximate surface area is 124 Å². The zero-order valence-corrected chi connectivity index (χ0v) is 13.2. The van der Waals surface area contributed by atoms with E-state index in [0.717, 1.165) is 11.3 Å². The molecule has 0 bridgehead atoms. The molecule has 0 amide bonds. The Hall–Kier alpha value is 0.370. The minimum atomic E-state index is -4.25. The fourth-order valence-electron chi connectivity index (χ4n) is 1.99. The highest BCUT2D eigenvalue weighted by Gasteiger charge is 2.45. The van der Waals surface area contributed by atoms with Gasteiger partial charge in [0, 0.05) is 35.5 Å². The van der Waals surface area contributed by atoms with Gasteiger partial charge >= 0.3 is 6.18 Å². The fraction of sp³-hybridized carbons (Fsp3) is 0.600. The van der Waals surface area contributed by atoms with Gasteiger partial charge in [-0.15, -0.1) is 11.3 Å². The molecule has 0 unspecified atom stereocenters. The Balaban J connectivity index is 2.30. The third kappa shape index (κ3) is 3.27. The molecule has 1 aliphatic rings. The van der Waals surface area contributed by atoms with Crippen molar-refractivity contribution in [1.29, 1.82) is 0 Å². The summed E-state index contributed by atoms with van der Waals surface area (Å²) in [4.78, 5) is 1.81. The van der Waals surface area contributed by atoms with Crippen molar-refractivity contribution in [2.24, 2.45) is 0 Å². The number of alkyl halides is 3. The van der Waals surface area contributed by atoms with Crippen molar-refractivity contribution in [2.45, 2.75) is 12.2 Å². The number of rotatable bonds is 2. The molecule has 1 aliphatic heterocycles. The molecule has 2 heterocycles. The highest BCUT2D eigenvalue weighted by molar-refractivity contribution is 9.13. The molecule has 0 saturated carbocycles. The van der Waals surface area contributed by atoms with E-state index in [4.69, 9.17) is 0 Å². The Bertz CT molecular complexity index is 396. The van der Waals surface area contributed by atoms with Gasteiger partial charge < -0.3 is 5.32 Å². The Kier molecular flexibility index (Phi) is 4.75. The fourth-order valence-corrected chi connectivity index (χ4v) is 4.24. The molecule has 1 fully saturated rings. The van der Waals surface area contributed by atoms with Gasteiger partial charge in [0.05, 0.1) is 3.79 Å². The van der Waals surface area contributed by atoms with Gasteiger partial charge in [0.25, 0.3) is 0 Å². The number of piperazine rings is 1. The van der Waals surface area contributed by atoms with Gasteiger partial charge in [0.2, 0.25) is 0 Å². The summed E-state index contributed by atoms with van der Waals surface area (Å²) in [7, 11) is 0. The van der Waals surface area contributed by atoms with Gasteiger partial charge in [-0.25, -0.2) is 0 Å². The van der Waals surface area contributed by atoms with Crippen LogP contribution in [-0.4, -0.2) is 37.3 Å². The summed E-state index contributed by atoms with van der Waals surface area (Å²) < 4.78 is 41.1. The molecule has 2 nitrogen and oxygen atoms in total. The third-order valence-corrected chi connectivity index (χ3v) is 6.07. The predicted molar refractivity (Wildman–Crippen MR) is 73.0 cm³/mol. The zero-order valence-electron chi connectivity index (χ0n) is 9.23. The maximum absolute atomic E-state index is 13.2. The molecule has 0 aromatic carbocycles. The van der Waals surface area contributed by atoms with E-state index in [1.54, 1.807) is 6.07 Å². The maximum Gasteiger partial charge on any atom is 0.408 e. The summed E-state index contributed by atoms with van der Waals surface area (Å²) in [6.45, 7) is 2.02. The van der Waals surface area contributed by atoms with E-state index in [1.807, 2.05) is 0 Å². The molecule has 1 aromatic heterocycles. The number of hydrogen-bond acceptors (Lipinski definition) is 3. The van der Waals surface area contributed by atoms with Crippen LogP contribution in [-0.2, 0) is 0 Å². The SMILES string of the molecule is FC(F)(F)[C@H](c1cc(Br)c(Br)s1)N1CCNCC1. The Morgan fingerprint density at radius 3 is 2.33 bits per heavy atom. The van der Waals surface area contributed by atoms with Crippen molar-refractivity contribution < 1.29 is 13.2 Å². The first kappa shape index (κ1) is 14.8. The zero-order chi connectivity index (χ0) is 13.3. The molecular formula is C10H11Br2F3N2S. The van der Waals surface area contributed by atoms with Crippen LogP contribution in [0, 0.1) is 0 Å². The molecule has 1 saturated heterocycles. The maximum atomic E-state index is 13.2. The highest BCUT2D eigenvalue weighted by atomic mass is 79.9. The lowest BCUT2D eigenvalue weighted by Gasteiger charge is -2.35. The smallest absolute Gasteiger partial charge is 0.314 e. The minimum absolute atomic E-state index is 0.322. The standard InChI is InChI=1S/C10H11Br2F3N2S/c11-6-5-7(18-9(6)12)8(10(13,14)15)17-3-1-16-2-4-17/h5,8,16H,1-4H2/t8-/m0/s1. The molecule has 0 aliphatic carbocycles. The second-order valence-corrected chi connectivity index (χ2v) is 7.26. The summed E-state index contributed by atoms with van der Waals surface area (Å²) >= 11 is 7.62. The number of nitrogens with one attached hydrogen (secondary N) is 1. The second-order valence-electron chi connectivity index (χ2n) is 4.00. The van der Waals surface area contributed by atoms with Crippen molar-refractivity contribution >= 4 is 43.2 Å². The largest absolute Gasteiger partial charge is 0.408 e. The first-order valence-electron chi connectivity index (χ1n) is 5.36. The molecule has 1 atom stereocenters. The quantitative estimate of drug-likeness (QED) is 0.802. The van der Waals surface area contributed by atoms with Crippen LogP contribution in [0.15, 0.2) is 14.3 Å². The first-order chi connectivity index (χ1) is 8.39. The van der Waals surface area contributed by atoms with Crippen molar-refractivity contribution in [3.63, 3.8) is 0 Å².